The zero-order valence-electron chi connectivity index (χ0n) is 11.8. The first-order chi connectivity index (χ1) is 8.76. The van der Waals surface area contributed by atoms with Gasteiger partial charge in [-0.2, -0.15) is 0 Å². The van der Waals surface area contributed by atoms with Gasteiger partial charge in [0.15, 0.2) is 0 Å². The molecule has 2 N–H and O–H groups in total. The van der Waals surface area contributed by atoms with Gasteiger partial charge in [0.1, 0.15) is 0 Å². The number of carbonyl (C=O) groups excluding carboxylic acids is 1. The molecule has 0 aromatic heterocycles. The monoisotopic (exact) mass is 263 g/mol. The lowest BCUT2D eigenvalue weighted by Gasteiger charge is -2.34. The molecule has 1 amide bonds. The van der Waals surface area contributed by atoms with Crippen LogP contribution in [0, 0.1) is 11.3 Å². The van der Waals surface area contributed by atoms with Crippen molar-refractivity contribution in [2.45, 2.75) is 33.7 Å². The molecule has 1 rings (SSSR count). The summed E-state index contributed by atoms with van der Waals surface area (Å²) in [4.78, 5) is 23.5. The fraction of sp³-hybridized carbons (Fsp3) is 0.467. The van der Waals surface area contributed by atoms with E-state index < -0.39 is 17.4 Å². The highest BCUT2D eigenvalue weighted by atomic mass is 16.4. The molecule has 0 radical (unpaired) electrons. The third kappa shape index (κ3) is 3.56. The summed E-state index contributed by atoms with van der Waals surface area (Å²) in [6, 6.07) is 8.37. The minimum absolute atomic E-state index is 0.0266. The Bertz CT molecular complexity index is 452. The van der Waals surface area contributed by atoms with Gasteiger partial charge in [-0.25, -0.2) is 0 Å². The lowest BCUT2D eigenvalue weighted by Crippen LogP contribution is -2.51. The van der Waals surface area contributed by atoms with E-state index in [2.05, 4.69) is 5.32 Å². The van der Waals surface area contributed by atoms with E-state index in [-0.39, 0.29) is 11.8 Å². The predicted octanol–water partition coefficient (Wildman–Crippen LogP) is 2.55. The molecule has 0 spiro atoms. The molecule has 19 heavy (non-hydrogen) atoms. The van der Waals surface area contributed by atoms with E-state index >= 15 is 0 Å². The van der Waals surface area contributed by atoms with E-state index in [0.29, 0.717) is 5.56 Å². The lowest BCUT2D eigenvalue weighted by molar-refractivity contribution is -0.149. The molecular formula is C15H21NO3. The minimum atomic E-state index is -1.02. The van der Waals surface area contributed by atoms with Gasteiger partial charge in [0.05, 0.1) is 5.41 Å². The third-order valence-corrected chi connectivity index (χ3v) is 3.32. The number of carbonyl (C=O) groups is 2. The molecule has 104 valence electrons. The molecular weight excluding hydrogens is 242 g/mol. The molecule has 0 heterocycles. The maximum Gasteiger partial charge on any atom is 0.311 e. The summed E-state index contributed by atoms with van der Waals surface area (Å²) >= 11 is 0. The van der Waals surface area contributed by atoms with Crippen LogP contribution in [0.2, 0.25) is 0 Å². The second-order valence-corrected chi connectivity index (χ2v) is 5.59. The Kier molecular flexibility index (Phi) is 4.70. The Hall–Kier alpha value is -1.84. The van der Waals surface area contributed by atoms with Gasteiger partial charge in [-0.3, -0.25) is 9.59 Å². The number of aliphatic carboxylic acids is 1. The fourth-order valence-electron chi connectivity index (χ4n) is 2.13. The van der Waals surface area contributed by atoms with Crippen LogP contribution in [0.3, 0.4) is 0 Å². The Morgan fingerprint density at radius 2 is 1.68 bits per heavy atom. The van der Waals surface area contributed by atoms with Crippen molar-refractivity contribution in [1.82, 2.24) is 5.32 Å². The number of hydrogen-bond donors (Lipinski definition) is 2. The summed E-state index contributed by atoms with van der Waals surface area (Å²) in [5, 5.41) is 12.1. The first-order valence-electron chi connectivity index (χ1n) is 6.36. The third-order valence-electron chi connectivity index (χ3n) is 3.32. The average molecular weight is 263 g/mol. The van der Waals surface area contributed by atoms with E-state index in [1.165, 1.54) is 0 Å². The van der Waals surface area contributed by atoms with Gasteiger partial charge in [0.25, 0.3) is 5.91 Å². The molecule has 1 aromatic carbocycles. The second kappa shape index (κ2) is 5.87. The second-order valence-electron chi connectivity index (χ2n) is 5.59. The topological polar surface area (TPSA) is 66.4 Å². The molecule has 1 unspecified atom stereocenters. The summed E-state index contributed by atoms with van der Waals surface area (Å²) in [7, 11) is 0. The summed E-state index contributed by atoms with van der Waals surface area (Å²) < 4.78 is 0. The van der Waals surface area contributed by atoms with Crippen LogP contribution in [-0.2, 0) is 4.79 Å². The molecule has 0 aliphatic rings. The minimum Gasteiger partial charge on any atom is -0.481 e. The maximum atomic E-state index is 12.1. The van der Waals surface area contributed by atoms with Gasteiger partial charge in [-0.1, -0.05) is 32.0 Å². The van der Waals surface area contributed by atoms with E-state index in [9.17, 15) is 14.7 Å². The van der Waals surface area contributed by atoms with Crippen LogP contribution in [0.4, 0.5) is 0 Å². The standard InChI is InChI=1S/C15H21NO3/c1-10(2)12(15(3,4)14(18)19)16-13(17)11-8-6-5-7-9-11/h5-10,12H,1-4H3,(H,16,17)(H,18,19). The highest BCUT2D eigenvalue weighted by Crippen LogP contribution is 2.26. The van der Waals surface area contributed by atoms with Crippen LogP contribution in [0.15, 0.2) is 30.3 Å². The first kappa shape index (κ1) is 15.2. The van der Waals surface area contributed by atoms with Crippen molar-refractivity contribution >= 4 is 11.9 Å². The Morgan fingerprint density at radius 1 is 1.16 bits per heavy atom. The molecule has 0 bridgehead atoms. The molecule has 4 heteroatoms. The highest BCUT2D eigenvalue weighted by Gasteiger charge is 2.39. The predicted molar refractivity (Wildman–Crippen MR) is 74.0 cm³/mol. The van der Waals surface area contributed by atoms with Crippen LogP contribution >= 0.6 is 0 Å². The van der Waals surface area contributed by atoms with Crippen molar-refractivity contribution in [3.05, 3.63) is 35.9 Å². The molecule has 0 fully saturated rings. The number of benzene rings is 1. The van der Waals surface area contributed by atoms with E-state index in [4.69, 9.17) is 0 Å². The maximum absolute atomic E-state index is 12.1. The quantitative estimate of drug-likeness (QED) is 0.858. The van der Waals surface area contributed by atoms with Crippen molar-refractivity contribution in [2.24, 2.45) is 11.3 Å². The van der Waals surface area contributed by atoms with Gasteiger partial charge in [0, 0.05) is 11.6 Å². The largest absolute Gasteiger partial charge is 0.481 e. The van der Waals surface area contributed by atoms with Gasteiger partial charge in [0.2, 0.25) is 0 Å². The molecule has 0 saturated carbocycles. The zero-order valence-corrected chi connectivity index (χ0v) is 11.8. The SMILES string of the molecule is CC(C)C(NC(=O)c1ccccc1)C(C)(C)C(=O)O. The smallest absolute Gasteiger partial charge is 0.311 e. The zero-order chi connectivity index (χ0) is 14.6. The lowest BCUT2D eigenvalue weighted by atomic mass is 9.78. The van der Waals surface area contributed by atoms with E-state index in [0.717, 1.165) is 0 Å². The highest BCUT2D eigenvalue weighted by molar-refractivity contribution is 5.94. The molecule has 0 aliphatic carbocycles. The number of nitrogens with one attached hydrogen (secondary N) is 1. The summed E-state index contributed by atoms with van der Waals surface area (Å²) in [6.07, 6.45) is 0. The molecule has 4 nitrogen and oxygen atoms in total. The first-order valence-corrected chi connectivity index (χ1v) is 6.36. The number of carboxylic acid groups (broad SMARTS) is 1. The molecule has 1 atom stereocenters. The van der Waals surface area contributed by atoms with E-state index in [1.54, 1.807) is 38.1 Å². The van der Waals surface area contributed by atoms with Gasteiger partial charge in [-0.05, 0) is 31.9 Å². The van der Waals surface area contributed by atoms with Crippen molar-refractivity contribution in [1.29, 1.82) is 0 Å². The average Bonchev–Trinajstić information content (AvgIpc) is 2.35. The summed E-state index contributed by atoms with van der Waals surface area (Å²) in [5.74, 6) is -1.13. The van der Waals surface area contributed by atoms with Gasteiger partial charge < -0.3 is 10.4 Å². The molecule has 0 saturated heterocycles. The van der Waals surface area contributed by atoms with Crippen molar-refractivity contribution in [2.75, 3.05) is 0 Å². The Labute approximate surface area is 113 Å². The summed E-state index contributed by atoms with van der Waals surface area (Å²) in [6.45, 7) is 7.07. The van der Waals surface area contributed by atoms with Crippen LogP contribution in [0.1, 0.15) is 38.1 Å². The Balaban J connectivity index is 2.92. The number of carboxylic acids is 1. The van der Waals surface area contributed by atoms with Gasteiger partial charge in [-0.15, -0.1) is 0 Å². The van der Waals surface area contributed by atoms with E-state index in [1.807, 2.05) is 19.9 Å². The van der Waals surface area contributed by atoms with Crippen molar-refractivity contribution in [3.63, 3.8) is 0 Å². The van der Waals surface area contributed by atoms with Crippen molar-refractivity contribution in [3.8, 4) is 0 Å². The number of amides is 1. The number of rotatable bonds is 5. The van der Waals surface area contributed by atoms with Crippen molar-refractivity contribution < 1.29 is 14.7 Å². The molecule has 0 aliphatic heterocycles. The summed E-state index contributed by atoms with van der Waals surface area (Å²) in [5.41, 5.74) is -0.479. The molecule has 1 aromatic rings. The fourth-order valence-corrected chi connectivity index (χ4v) is 2.13. The normalized spacial score (nSPS) is 13.1. The van der Waals surface area contributed by atoms with Crippen LogP contribution in [-0.4, -0.2) is 23.0 Å². The van der Waals surface area contributed by atoms with Crippen LogP contribution in [0.5, 0.6) is 0 Å². The van der Waals surface area contributed by atoms with Crippen LogP contribution in [0.25, 0.3) is 0 Å². The van der Waals surface area contributed by atoms with Gasteiger partial charge >= 0.3 is 5.97 Å². The van der Waals surface area contributed by atoms with Crippen LogP contribution < -0.4 is 5.32 Å². The number of hydrogen-bond acceptors (Lipinski definition) is 2. The Morgan fingerprint density at radius 3 is 2.11 bits per heavy atom.